The molecule has 0 radical (unpaired) electrons. The summed E-state index contributed by atoms with van der Waals surface area (Å²) in [5.74, 6) is 2.01. The molecular formula is C14H17N3O3. The predicted octanol–water partition coefficient (Wildman–Crippen LogP) is 2.20. The Hall–Kier alpha value is -2.34. The first-order valence-corrected chi connectivity index (χ1v) is 6.29. The average molecular weight is 275 g/mol. The topological polar surface area (TPSA) is 76.5 Å². The second kappa shape index (κ2) is 6.72. The fourth-order valence-electron chi connectivity index (χ4n) is 1.65. The molecule has 2 N–H and O–H groups in total. The number of ether oxygens (including phenoxy) is 2. The first-order valence-electron chi connectivity index (χ1n) is 6.29. The van der Waals surface area contributed by atoms with Gasteiger partial charge in [0, 0.05) is 18.8 Å². The summed E-state index contributed by atoms with van der Waals surface area (Å²) in [5, 5.41) is 12.1. The number of nitrogens with one attached hydrogen (secondary N) is 1. The van der Waals surface area contributed by atoms with Gasteiger partial charge in [0.1, 0.15) is 0 Å². The van der Waals surface area contributed by atoms with Crippen LogP contribution in [0.1, 0.15) is 12.5 Å². The Labute approximate surface area is 117 Å². The zero-order valence-corrected chi connectivity index (χ0v) is 11.5. The maximum atomic E-state index is 9.11. The molecule has 0 saturated carbocycles. The fourth-order valence-corrected chi connectivity index (χ4v) is 1.65. The van der Waals surface area contributed by atoms with Crippen molar-refractivity contribution in [3.63, 3.8) is 0 Å². The quantitative estimate of drug-likeness (QED) is 0.841. The monoisotopic (exact) mass is 275 g/mol. The molecule has 0 fully saturated rings. The second-order valence-electron chi connectivity index (χ2n) is 3.99. The zero-order chi connectivity index (χ0) is 14.4. The highest BCUT2D eigenvalue weighted by Gasteiger charge is 2.08. The van der Waals surface area contributed by atoms with E-state index < -0.39 is 0 Å². The van der Waals surface area contributed by atoms with Crippen LogP contribution >= 0.6 is 0 Å². The molecule has 0 saturated heterocycles. The lowest BCUT2D eigenvalue weighted by Crippen LogP contribution is -2.02. The van der Waals surface area contributed by atoms with Crippen LogP contribution in [-0.4, -0.2) is 28.7 Å². The van der Waals surface area contributed by atoms with Crippen LogP contribution < -0.4 is 14.8 Å². The average Bonchev–Trinajstić information content (AvgIpc) is 2.48. The van der Waals surface area contributed by atoms with E-state index >= 15 is 0 Å². The number of hydrogen-bond donors (Lipinski definition) is 2. The number of hydrogen-bond acceptors (Lipinski definition) is 6. The van der Waals surface area contributed by atoms with Gasteiger partial charge in [-0.05, 0) is 24.6 Å². The van der Waals surface area contributed by atoms with Crippen LogP contribution in [0.25, 0.3) is 0 Å². The molecule has 0 amide bonds. The Morgan fingerprint density at radius 3 is 2.80 bits per heavy atom. The first-order chi connectivity index (χ1) is 9.76. The minimum absolute atomic E-state index is 0.0469. The van der Waals surface area contributed by atoms with Gasteiger partial charge in [0.05, 0.1) is 13.7 Å². The van der Waals surface area contributed by atoms with Crippen molar-refractivity contribution in [2.75, 3.05) is 19.0 Å². The lowest BCUT2D eigenvalue weighted by Gasteiger charge is -2.11. The van der Waals surface area contributed by atoms with Crippen molar-refractivity contribution in [1.82, 2.24) is 9.97 Å². The third kappa shape index (κ3) is 3.36. The van der Waals surface area contributed by atoms with E-state index in [1.165, 1.54) is 0 Å². The van der Waals surface area contributed by atoms with E-state index in [0.29, 0.717) is 23.3 Å². The molecule has 0 spiro atoms. The molecule has 2 rings (SSSR count). The van der Waals surface area contributed by atoms with Crippen molar-refractivity contribution in [3.05, 3.63) is 36.0 Å². The molecule has 6 heteroatoms. The van der Waals surface area contributed by atoms with Gasteiger partial charge in [-0.25, -0.2) is 4.98 Å². The van der Waals surface area contributed by atoms with Gasteiger partial charge in [-0.2, -0.15) is 4.98 Å². The van der Waals surface area contributed by atoms with Crippen molar-refractivity contribution < 1.29 is 14.6 Å². The van der Waals surface area contributed by atoms with Crippen molar-refractivity contribution >= 4 is 5.95 Å². The normalized spacial score (nSPS) is 10.2. The summed E-state index contributed by atoms with van der Waals surface area (Å²) in [6.07, 6.45) is 1.62. The highest BCUT2D eigenvalue weighted by molar-refractivity contribution is 5.44. The van der Waals surface area contributed by atoms with Crippen LogP contribution in [0.3, 0.4) is 0 Å². The molecule has 106 valence electrons. The molecule has 1 aromatic carbocycles. The summed E-state index contributed by atoms with van der Waals surface area (Å²) >= 11 is 0. The molecule has 0 unspecified atom stereocenters. The van der Waals surface area contributed by atoms with Crippen LogP contribution in [0.4, 0.5) is 5.95 Å². The maximum Gasteiger partial charge on any atom is 0.225 e. The molecule has 1 aromatic heterocycles. The van der Waals surface area contributed by atoms with E-state index in [-0.39, 0.29) is 6.61 Å². The largest absolute Gasteiger partial charge is 0.493 e. The standard InChI is InChI=1S/C14H17N3O3/c1-3-15-14-16-7-6-13(17-14)20-11-5-4-10(9-18)8-12(11)19-2/h4-8,18H,3,9H2,1-2H3,(H,15,16,17). The van der Waals surface area contributed by atoms with Crippen molar-refractivity contribution in [1.29, 1.82) is 0 Å². The highest BCUT2D eigenvalue weighted by Crippen LogP contribution is 2.31. The molecule has 0 aliphatic rings. The minimum atomic E-state index is -0.0469. The molecule has 20 heavy (non-hydrogen) atoms. The Balaban J connectivity index is 2.22. The molecule has 6 nitrogen and oxygen atoms in total. The van der Waals surface area contributed by atoms with Gasteiger partial charge in [0.25, 0.3) is 0 Å². The fraction of sp³-hybridized carbons (Fsp3) is 0.286. The summed E-state index contributed by atoms with van der Waals surface area (Å²) in [4.78, 5) is 8.30. The zero-order valence-electron chi connectivity index (χ0n) is 11.5. The van der Waals surface area contributed by atoms with Crippen LogP contribution in [0.2, 0.25) is 0 Å². The molecule has 0 bridgehead atoms. The van der Waals surface area contributed by atoms with E-state index in [2.05, 4.69) is 15.3 Å². The van der Waals surface area contributed by atoms with Crippen molar-refractivity contribution in [3.8, 4) is 17.4 Å². The van der Waals surface area contributed by atoms with E-state index in [4.69, 9.17) is 14.6 Å². The maximum absolute atomic E-state index is 9.11. The summed E-state index contributed by atoms with van der Waals surface area (Å²) in [7, 11) is 1.55. The molecule has 0 aliphatic carbocycles. The Morgan fingerprint density at radius 2 is 2.10 bits per heavy atom. The number of aliphatic hydroxyl groups excluding tert-OH is 1. The van der Waals surface area contributed by atoms with Crippen LogP contribution in [0, 0.1) is 0 Å². The van der Waals surface area contributed by atoms with E-state index in [9.17, 15) is 0 Å². The molecular weight excluding hydrogens is 258 g/mol. The smallest absolute Gasteiger partial charge is 0.225 e. The van der Waals surface area contributed by atoms with Crippen LogP contribution in [0.15, 0.2) is 30.5 Å². The Kier molecular flexibility index (Phi) is 4.73. The summed E-state index contributed by atoms with van der Waals surface area (Å²) in [6, 6.07) is 6.89. The Bertz CT molecular complexity index is 575. The van der Waals surface area contributed by atoms with Gasteiger partial charge in [-0.3, -0.25) is 0 Å². The number of nitrogens with zero attached hydrogens (tertiary/aromatic N) is 2. The lowest BCUT2D eigenvalue weighted by molar-refractivity contribution is 0.280. The summed E-state index contributed by atoms with van der Waals surface area (Å²) < 4.78 is 10.9. The number of methoxy groups -OCH3 is 1. The van der Waals surface area contributed by atoms with E-state index in [1.54, 1.807) is 37.6 Å². The molecule has 0 aliphatic heterocycles. The summed E-state index contributed by atoms with van der Waals surface area (Å²) in [6.45, 7) is 2.65. The van der Waals surface area contributed by atoms with Crippen molar-refractivity contribution in [2.45, 2.75) is 13.5 Å². The SMILES string of the molecule is CCNc1nccc(Oc2ccc(CO)cc2OC)n1. The van der Waals surface area contributed by atoms with Gasteiger partial charge in [0.2, 0.25) is 11.8 Å². The number of anilines is 1. The third-order valence-corrected chi connectivity index (χ3v) is 2.59. The number of benzene rings is 1. The third-order valence-electron chi connectivity index (χ3n) is 2.59. The first kappa shape index (κ1) is 14.1. The number of rotatable bonds is 6. The second-order valence-corrected chi connectivity index (χ2v) is 3.99. The molecule has 0 atom stereocenters. The van der Waals surface area contributed by atoms with Gasteiger partial charge in [-0.15, -0.1) is 0 Å². The lowest BCUT2D eigenvalue weighted by atomic mass is 10.2. The van der Waals surface area contributed by atoms with E-state index in [1.807, 2.05) is 6.92 Å². The number of aromatic nitrogens is 2. The van der Waals surface area contributed by atoms with Crippen molar-refractivity contribution in [2.24, 2.45) is 0 Å². The number of aliphatic hydroxyl groups is 1. The van der Waals surface area contributed by atoms with E-state index in [0.717, 1.165) is 12.1 Å². The highest BCUT2D eigenvalue weighted by atomic mass is 16.5. The molecule has 2 aromatic rings. The Morgan fingerprint density at radius 1 is 1.25 bits per heavy atom. The summed E-state index contributed by atoms with van der Waals surface area (Å²) in [5.41, 5.74) is 0.755. The minimum Gasteiger partial charge on any atom is -0.493 e. The molecule has 1 heterocycles. The predicted molar refractivity (Wildman–Crippen MR) is 75.2 cm³/mol. The van der Waals surface area contributed by atoms with Gasteiger partial charge >= 0.3 is 0 Å². The van der Waals surface area contributed by atoms with Gasteiger partial charge in [-0.1, -0.05) is 6.07 Å². The van der Waals surface area contributed by atoms with Gasteiger partial charge < -0.3 is 19.9 Å². The van der Waals surface area contributed by atoms with Crippen LogP contribution in [-0.2, 0) is 6.61 Å². The van der Waals surface area contributed by atoms with Gasteiger partial charge in [0.15, 0.2) is 11.5 Å². The van der Waals surface area contributed by atoms with Crippen LogP contribution in [0.5, 0.6) is 17.4 Å².